The van der Waals surface area contributed by atoms with Crippen molar-refractivity contribution in [2.45, 2.75) is 13.2 Å². The summed E-state index contributed by atoms with van der Waals surface area (Å²) in [6.45, 7) is 0.144. The van der Waals surface area contributed by atoms with Gasteiger partial charge in [-0.3, -0.25) is 19.8 Å². The van der Waals surface area contributed by atoms with E-state index in [0.717, 1.165) is 21.2 Å². The molecule has 0 aromatic heterocycles. The number of urea groups is 1. The summed E-state index contributed by atoms with van der Waals surface area (Å²) in [6.07, 6.45) is 1.58. The van der Waals surface area contributed by atoms with Crippen LogP contribution < -0.4 is 10.1 Å². The van der Waals surface area contributed by atoms with E-state index in [4.69, 9.17) is 4.74 Å². The average molecular weight is 497 g/mol. The number of halogens is 1. The van der Waals surface area contributed by atoms with Crippen LogP contribution in [0.5, 0.6) is 5.75 Å². The zero-order chi connectivity index (χ0) is 25.9. The molecule has 1 heterocycles. The Hall–Kier alpha value is -5.05. The lowest BCUT2D eigenvalue weighted by Crippen LogP contribution is -2.30. The molecule has 4 aromatic carbocycles. The molecule has 0 unspecified atom stereocenters. The fourth-order valence-electron chi connectivity index (χ4n) is 4.06. The second kappa shape index (κ2) is 9.90. The molecule has 3 amide bonds. The zero-order valence-electron chi connectivity index (χ0n) is 19.4. The first-order valence-corrected chi connectivity index (χ1v) is 11.4. The fraction of sp³-hybridized carbons (Fsp3) is 0.0714. The number of benzene rings is 4. The minimum atomic E-state index is -0.575. The predicted molar refractivity (Wildman–Crippen MR) is 135 cm³/mol. The normalized spacial score (nSPS) is 14.3. The molecule has 0 bridgehead atoms. The van der Waals surface area contributed by atoms with Gasteiger partial charge in [0, 0.05) is 17.7 Å². The summed E-state index contributed by atoms with van der Waals surface area (Å²) in [7, 11) is 0. The Balaban J connectivity index is 1.44. The summed E-state index contributed by atoms with van der Waals surface area (Å²) in [6, 6.07) is 22.3. The number of fused-ring (bicyclic) bond motifs is 1. The summed E-state index contributed by atoms with van der Waals surface area (Å²) in [5.74, 6) is -0.439. The third kappa shape index (κ3) is 5.01. The molecule has 5 rings (SSSR count). The molecule has 8 nitrogen and oxygen atoms in total. The van der Waals surface area contributed by atoms with Crippen molar-refractivity contribution in [1.82, 2.24) is 10.2 Å². The highest BCUT2D eigenvalue weighted by molar-refractivity contribution is 6.14. The van der Waals surface area contributed by atoms with E-state index in [1.807, 2.05) is 30.3 Å². The molecule has 1 fully saturated rings. The van der Waals surface area contributed by atoms with Gasteiger partial charge in [0.2, 0.25) is 0 Å². The van der Waals surface area contributed by atoms with Crippen LogP contribution in [0.4, 0.5) is 14.9 Å². The van der Waals surface area contributed by atoms with Crippen molar-refractivity contribution in [2.24, 2.45) is 0 Å². The van der Waals surface area contributed by atoms with Crippen LogP contribution in [0.25, 0.3) is 16.8 Å². The maximum Gasteiger partial charge on any atom is 0.329 e. The summed E-state index contributed by atoms with van der Waals surface area (Å²) in [5, 5.41) is 15.3. The molecule has 9 heteroatoms. The number of nitro benzene ring substituents is 1. The topological polar surface area (TPSA) is 102 Å². The van der Waals surface area contributed by atoms with Crippen molar-refractivity contribution in [1.29, 1.82) is 0 Å². The Morgan fingerprint density at radius 2 is 1.62 bits per heavy atom. The molecule has 1 saturated heterocycles. The number of rotatable bonds is 7. The summed E-state index contributed by atoms with van der Waals surface area (Å²) in [5.41, 5.74) is 2.02. The molecule has 0 saturated carbocycles. The number of nitrogens with one attached hydrogen (secondary N) is 1. The van der Waals surface area contributed by atoms with Gasteiger partial charge in [-0.05, 0) is 58.3 Å². The molecule has 0 aliphatic carbocycles. The Kier molecular flexibility index (Phi) is 6.34. The number of nitro groups is 1. The number of amides is 3. The van der Waals surface area contributed by atoms with Gasteiger partial charge < -0.3 is 10.1 Å². The molecule has 37 heavy (non-hydrogen) atoms. The second-order valence-electron chi connectivity index (χ2n) is 8.42. The van der Waals surface area contributed by atoms with E-state index in [0.29, 0.717) is 16.9 Å². The molecular weight excluding hydrogens is 477 g/mol. The van der Waals surface area contributed by atoms with Crippen LogP contribution in [0.15, 0.2) is 90.6 Å². The molecule has 0 atom stereocenters. The Morgan fingerprint density at radius 1 is 0.919 bits per heavy atom. The number of ether oxygens (including phenoxy) is 1. The van der Waals surface area contributed by atoms with E-state index in [1.54, 1.807) is 24.3 Å². The molecule has 184 valence electrons. The first kappa shape index (κ1) is 23.7. The smallest absolute Gasteiger partial charge is 0.329 e. The van der Waals surface area contributed by atoms with Gasteiger partial charge in [-0.1, -0.05) is 42.5 Å². The highest BCUT2D eigenvalue weighted by Crippen LogP contribution is 2.32. The fourth-order valence-corrected chi connectivity index (χ4v) is 4.06. The minimum Gasteiger partial charge on any atom is -0.488 e. The van der Waals surface area contributed by atoms with Crippen LogP contribution in [0.3, 0.4) is 0 Å². The van der Waals surface area contributed by atoms with Gasteiger partial charge in [-0.2, -0.15) is 0 Å². The van der Waals surface area contributed by atoms with E-state index >= 15 is 0 Å². The lowest BCUT2D eigenvalue weighted by Gasteiger charge is -2.13. The van der Waals surface area contributed by atoms with Gasteiger partial charge in [-0.25, -0.2) is 9.18 Å². The Labute approximate surface area is 210 Å². The van der Waals surface area contributed by atoms with Crippen LogP contribution in [-0.4, -0.2) is 21.8 Å². The number of non-ortho nitro benzene ring substituents is 1. The molecular formula is C28H20FN3O5. The third-order valence-corrected chi connectivity index (χ3v) is 5.98. The quantitative estimate of drug-likeness (QED) is 0.156. The van der Waals surface area contributed by atoms with Crippen molar-refractivity contribution in [2.75, 3.05) is 0 Å². The monoisotopic (exact) mass is 497 g/mol. The SMILES string of the molecule is O=C1NC(=Cc2c(OCc3ccc([N+](=O)[O-])cc3)ccc3ccccc23)C(=O)N1Cc1ccc(F)cc1. The number of carbonyl (C=O) groups is 2. The van der Waals surface area contributed by atoms with Crippen molar-refractivity contribution in [3.05, 3.63) is 123 Å². The van der Waals surface area contributed by atoms with Gasteiger partial charge in [0.15, 0.2) is 0 Å². The summed E-state index contributed by atoms with van der Waals surface area (Å²) < 4.78 is 19.3. The molecule has 1 N–H and O–H groups in total. The Bertz CT molecular complexity index is 1550. The number of imide groups is 1. The predicted octanol–water partition coefficient (Wildman–Crippen LogP) is 5.56. The van der Waals surface area contributed by atoms with Crippen molar-refractivity contribution in [3.63, 3.8) is 0 Å². The standard InChI is InChI=1S/C28H20FN3O5/c29-21-10-5-18(6-11-21)16-31-27(33)25(30-28(31)34)15-24-23-4-2-1-3-20(23)9-14-26(24)37-17-19-7-12-22(13-8-19)32(35)36/h1-15H,16-17H2,(H,30,34). The minimum absolute atomic E-state index is 0.00131. The molecule has 4 aromatic rings. The van der Waals surface area contributed by atoms with Crippen molar-refractivity contribution >= 4 is 34.5 Å². The molecule has 0 radical (unpaired) electrons. The van der Waals surface area contributed by atoms with Gasteiger partial charge in [-0.15, -0.1) is 0 Å². The van der Waals surface area contributed by atoms with Gasteiger partial charge in [0.05, 0.1) is 11.5 Å². The number of carbonyl (C=O) groups excluding carboxylic acids is 2. The largest absolute Gasteiger partial charge is 0.488 e. The van der Waals surface area contributed by atoms with Gasteiger partial charge >= 0.3 is 6.03 Å². The highest BCUT2D eigenvalue weighted by atomic mass is 19.1. The van der Waals surface area contributed by atoms with Crippen LogP contribution >= 0.6 is 0 Å². The van der Waals surface area contributed by atoms with Crippen molar-refractivity contribution < 1.29 is 23.6 Å². The molecule has 1 aliphatic rings. The van der Waals surface area contributed by atoms with E-state index < -0.39 is 22.7 Å². The van der Waals surface area contributed by atoms with Crippen LogP contribution in [0.2, 0.25) is 0 Å². The molecule has 1 aliphatic heterocycles. The lowest BCUT2D eigenvalue weighted by atomic mass is 10.0. The number of hydrogen-bond donors (Lipinski definition) is 1. The summed E-state index contributed by atoms with van der Waals surface area (Å²) >= 11 is 0. The highest BCUT2D eigenvalue weighted by Gasteiger charge is 2.33. The van der Waals surface area contributed by atoms with Crippen LogP contribution in [-0.2, 0) is 17.9 Å². The van der Waals surface area contributed by atoms with E-state index in [-0.39, 0.29) is 24.5 Å². The number of nitrogens with zero attached hydrogens (tertiary/aromatic N) is 2. The summed E-state index contributed by atoms with van der Waals surface area (Å²) in [4.78, 5) is 37.2. The van der Waals surface area contributed by atoms with E-state index in [1.165, 1.54) is 36.4 Å². The Morgan fingerprint density at radius 3 is 2.35 bits per heavy atom. The second-order valence-corrected chi connectivity index (χ2v) is 8.42. The van der Waals surface area contributed by atoms with Gasteiger partial charge in [0.1, 0.15) is 23.9 Å². The maximum atomic E-state index is 13.2. The molecule has 0 spiro atoms. The van der Waals surface area contributed by atoms with Gasteiger partial charge in [0.25, 0.3) is 11.6 Å². The van der Waals surface area contributed by atoms with Crippen LogP contribution in [0.1, 0.15) is 16.7 Å². The zero-order valence-corrected chi connectivity index (χ0v) is 19.4. The average Bonchev–Trinajstić information content (AvgIpc) is 3.17. The third-order valence-electron chi connectivity index (χ3n) is 5.98. The van der Waals surface area contributed by atoms with E-state index in [9.17, 15) is 24.1 Å². The maximum absolute atomic E-state index is 13.2. The van der Waals surface area contributed by atoms with E-state index in [2.05, 4.69) is 5.32 Å². The first-order valence-electron chi connectivity index (χ1n) is 11.4. The van der Waals surface area contributed by atoms with Crippen LogP contribution in [0, 0.1) is 15.9 Å². The first-order chi connectivity index (χ1) is 17.9. The lowest BCUT2D eigenvalue weighted by molar-refractivity contribution is -0.384. The number of hydrogen-bond acceptors (Lipinski definition) is 5. The van der Waals surface area contributed by atoms with Crippen molar-refractivity contribution in [3.8, 4) is 5.75 Å².